The molecule has 0 radical (unpaired) electrons. The zero-order valence-electron chi connectivity index (χ0n) is 9.06. The molecule has 0 fully saturated rings. The molecule has 2 rings (SSSR count). The Kier molecular flexibility index (Phi) is 3.49. The molecule has 1 heterocycles. The minimum atomic E-state index is 0.384. The van der Waals surface area contributed by atoms with Gasteiger partial charge in [-0.2, -0.15) is 5.10 Å². The van der Waals surface area contributed by atoms with Gasteiger partial charge in [0.05, 0.1) is 0 Å². The SMILES string of the molecule is Nn1cnnc1NN=CC=Cc1ccccc1. The lowest BCUT2D eigenvalue weighted by atomic mass is 10.2. The van der Waals surface area contributed by atoms with Crippen LogP contribution in [0.25, 0.3) is 6.08 Å². The third kappa shape index (κ3) is 3.16. The first kappa shape index (κ1) is 10.9. The molecule has 1 aromatic heterocycles. The van der Waals surface area contributed by atoms with Crippen LogP contribution in [0.15, 0.2) is 47.8 Å². The van der Waals surface area contributed by atoms with Crippen LogP contribution in [-0.2, 0) is 0 Å². The highest BCUT2D eigenvalue weighted by Crippen LogP contribution is 2.00. The van der Waals surface area contributed by atoms with Gasteiger partial charge in [-0.05, 0) is 11.6 Å². The van der Waals surface area contributed by atoms with Gasteiger partial charge in [0.1, 0.15) is 6.33 Å². The molecule has 6 heteroatoms. The van der Waals surface area contributed by atoms with Crippen molar-refractivity contribution in [1.82, 2.24) is 14.9 Å². The van der Waals surface area contributed by atoms with Crippen LogP contribution in [0, 0.1) is 0 Å². The minimum Gasteiger partial charge on any atom is -0.335 e. The van der Waals surface area contributed by atoms with Crippen LogP contribution in [-0.4, -0.2) is 21.1 Å². The Bertz CT molecular complexity index is 514. The molecular formula is C11H12N6. The second-order valence-electron chi connectivity index (χ2n) is 3.22. The molecule has 0 aliphatic heterocycles. The van der Waals surface area contributed by atoms with Crippen LogP contribution in [0.4, 0.5) is 5.95 Å². The summed E-state index contributed by atoms with van der Waals surface area (Å²) >= 11 is 0. The van der Waals surface area contributed by atoms with E-state index < -0.39 is 0 Å². The molecule has 0 saturated carbocycles. The summed E-state index contributed by atoms with van der Waals surface area (Å²) in [5.74, 6) is 5.87. The average Bonchev–Trinajstić information content (AvgIpc) is 2.76. The second-order valence-corrected chi connectivity index (χ2v) is 3.22. The molecule has 86 valence electrons. The Morgan fingerprint density at radius 1 is 1.29 bits per heavy atom. The van der Waals surface area contributed by atoms with Crippen LogP contribution >= 0.6 is 0 Å². The van der Waals surface area contributed by atoms with E-state index in [1.165, 1.54) is 11.0 Å². The molecule has 3 N–H and O–H groups in total. The molecule has 0 unspecified atom stereocenters. The lowest BCUT2D eigenvalue weighted by molar-refractivity contribution is 0.988. The van der Waals surface area contributed by atoms with Crippen LogP contribution in [0.1, 0.15) is 5.56 Å². The quantitative estimate of drug-likeness (QED) is 0.466. The zero-order valence-corrected chi connectivity index (χ0v) is 9.06. The molecule has 0 spiro atoms. The maximum Gasteiger partial charge on any atom is 0.263 e. The summed E-state index contributed by atoms with van der Waals surface area (Å²) in [4.78, 5) is 0. The van der Waals surface area contributed by atoms with Crippen molar-refractivity contribution >= 4 is 18.2 Å². The van der Waals surface area contributed by atoms with Gasteiger partial charge in [-0.15, -0.1) is 10.2 Å². The second kappa shape index (κ2) is 5.45. The number of hydrogen-bond donors (Lipinski definition) is 2. The van der Waals surface area contributed by atoms with Gasteiger partial charge in [0.15, 0.2) is 0 Å². The third-order valence-corrected chi connectivity index (χ3v) is 1.99. The van der Waals surface area contributed by atoms with Gasteiger partial charge in [0.2, 0.25) is 0 Å². The van der Waals surface area contributed by atoms with Crippen LogP contribution < -0.4 is 11.3 Å². The van der Waals surface area contributed by atoms with E-state index in [4.69, 9.17) is 5.84 Å². The molecule has 0 atom stereocenters. The first-order chi connectivity index (χ1) is 8.36. The average molecular weight is 228 g/mol. The summed E-state index contributed by atoms with van der Waals surface area (Å²) in [5.41, 5.74) is 3.77. The van der Waals surface area contributed by atoms with Crippen molar-refractivity contribution in [1.29, 1.82) is 0 Å². The summed E-state index contributed by atoms with van der Waals surface area (Å²) < 4.78 is 1.25. The minimum absolute atomic E-state index is 0.384. The van der Waals surface area contributed by atoms with Crippen LogP contribution in [0.3, 0.4) is 0 Å². The number of nitrogens with zero attached hydrogens (tertiary/aromatic N) is 4. The Labute approximate surface area is 98.4 Å². The highest BCUT2D eigenvalue weighted by atomic mass is 15.5. The maximum atomic E-state index is 5.48. The van der Waals surface area contributed by atoms with Crippen LogP contribution in [0.5, 0.6) is 0 Å². The Morgan fingerprint density at radius 3 is 2.82 bits per heavy atom. The Hall–Kier alpha value is -2.63. The third-order valence-electron chi connectivity index (χ3n) is 1.99. The maximum absolute atomic E-state index is 5.48. The van der Waals surface area contributed by atoms with Gasteiger partial charge in [0, 0.05) is 6.21 Å². The highest BCUT2D eigenvalue weighted by molar-refractivity contribution is 5.78. The van der Waals surface area contributed by atoms with Gasteiger partial charge in [-0.1, -0.05) is 36.4 Å². The topological polar surface area (TPSA) is 81.1 Å². The van der Waals surface area contributed by atoms with Crippen molar-refractivity contribution in [2.75, 3.05) is 11.3 Å². The first-order valence-electron chi connectivity index (χ1n) is 5.02. The number of rotatable bonds is 4. The molecule has 6 nitrogen and oxygen atoms in total. The molecule has 2 aromatic rings. The fourth-order valence-corrected chi connectivity index (χ4v) is 1.18. The lowest BCUT2D eigenvalue weighted by Gasteiger charge is -1.95. The first-order valence-corrected chi connectivity index (χ1v) is 5.02. The largest absolute Gasteiger partial charge is 0.335 e. The highest BCUT2D eigenvalue weighted by Gasteiger charge is 1.95. The Balaban J connectivity index is 1.87. The normalized spacial score (nSPS) is 11.3. The molecule has 17 heavy (non-hydrogen) atoms. The summed E-state index contributed by atoms with van der Waals surface area (Å²) in [6.07, 6.45) is 6.76. The van der Waals surface area contributed by atoms with Crippen molar-refractivity contribution in [2.24, 2.45) is 5.10 Å². The van der Waals surface area contributed by atoms with E-state index in [1.54, 1.807) is 6.21 Å². The van der Waals surface area contributed by atoms with Crippen LogP contribution in [0.2, 0.25) is 0 Å². The number of hydrogen-bond acceptors (Lipinski definition) is 5. The van der Waals surface area contributed by atoms with Crippen molar-refractivity contribution in [3.63, 3.8) is 0 Å². The van der Waals surface area contributed by atoms with Gasteiger partial charge in [-0.3, -0.25) is 0 Å². The smallest absolute Gasteiger partial charge is 0.263 e. The molecule has 0 aliphatic carbocycles. The van der Waals surface area contributed by atoms with E-state index in [2.05, 4.69) is 20.7 Å². The molecule has 0 bridgehead atoms. The monoisotopic (exact) mass is 228 g/mol. The Morgan fingerprint density at radius 2 is 2.12 bits per heavy atom. The summed E-state index contributed by atoms with van der Waals surface area (Å²) in [7, 11) is 0. The number of anilines is 1. The van der Waals surface area contributed by atoms with E-state index in [9.17, 15) is 0 Å². The lowest BCUT2D eigenvalue weighted by Crippen LogP contribution is -2.10. The number of nitrogen functional groups attached to an aromatic ring is 1. The van der Waals surface area contributed by atoms with Crippen molar-refractivity contribution in [3.05, 3.63) is 48.3 Å². The summed E-state index contributed by atoms with van der Waals surface area (Å²) in [5, 5.41) is 11.2. The predicted octanol–water partition coefficient (Wildman–Crippen LogP) is 1.10. The van der Waals surface area contributed by atoms with Gasteiger partial charge < -0.3 is 5.84 Å². The van der Waals surface area contributed by atoms with Crippen molar-refractivity contribution in [2.45, 2.75) is 0 Å². The molecule has 0 saturated heterocycles. The summed E-state index contributed by atoms with van der Waals surface area (Å²) in [6, 6.07) is 9.95. The number of benzene rings is 1. The summed E-state index contributed by atoms with van der Waals surface area (Å²) in [6.45, 7) is 0. The standard InChI is InChI=1S/C11H12N6/c12-17-9-14-16-11(17)15-13-8-4-7-10-5-2-1-3-6-10/h1-9H,12H2,(H,15,16). The van der Waals surface area contributed by atoms with E-state index in [-0.39, 0.29) is 0 Å². The fraction of sp³-hybridized carbons (Fsp3) is 0. The van der Waals surface area contributed by atoms with Crippen molar-refractivity contribution < 1.29 is 0 Å². The fourth-order valence-electron chi connectivity index (χ4n) is 1.18. The number of nitrogens with two attached hydrogens (primary N) is 1. The number of aromatic nitrogens is 3. The number of allylic oxidation sites excluding steroid dienone is 1. The van der Waals surface area contributed by atoms with E-state index >= 15 is 0 Å². The molecule has 0 aliphatic rings. The molecular weight excluding hydrogens is 216 g/mol. The number of hydrazone groups is 1. The molecule has 1 aromatic carbocycles. The van der Waals surface area contributed by atoms with E-state index in [0.717, 1.165) is 5.56 Å². The van der Waals surface area contributed by atoms with Gasteiger partial charge >= 0.3 is 0 Å². The van der Waals surface area contributed by atoms with E-state index in [0.29, 0.717) is 5.95 Å². The molecule has 0 amide bonds. The van der Waals surface area contributed by atoms with E-state index in [1.807, 2.05) is 42.5 Å². The van der Waals surface area contributed by atoms with Crippen molar-refractivity contribution in [3.8, 4) is 0 Å². The predicted molar refractivity (Wildman–Crippen MR) is 67.8 cm³/mol. The van der Waals surface area contributed by atoms with Gasteiger partial charge in [-0.25, -0.2) is 10.1 Å². The zero-order chi connectivity index (χ0) is 11.9. The van der Waals surface area contributed by atoms with Gasteiger partial charge in [0.25, 0.3) is 5.95 Å². The number of nitrogens with one attached hydrogen (secondary N) is 1.